The first kappa shape index (κ1) is 32.7. The maximum Gasteiger partial charge on any atom is 0.490 e. The van der Waals surface area contributed by atoms with E-state index in [2.05, 4.69) is 20.9 Å². The van der Waals surface area contributed by atoms with E-state index in [4.69, 9.17) is 29.3 Å². The lowest BCUT2D eigenvalue weighted by Crippen LogP contribution is -2.64. The molecule has 0 saturated carbocycles. The van der Waals surface area contributed by atoms with Crippen LogP contribution in [0.1, 0.15) is 24.8 Å². The minimum Gasteiger partial charge on any atom is -0.476 e. The summed E-state index contributed by atoms with van der Waals surface area (Å²) in [6, 6.07) is 7.02. The second kappa shape index (κ2) is 14.2. The van der Waals surface area contributed by atoms with E-state index in [9.17, 15) is 30.7 Å². The molecule has 2 fully saturated rings. The first-order valence-corrected chi connectivity index (χ1v) is 11.7. The first-order valence-electron chi connectivity index (χ1n) is 11.7. The third-order valence-corrected chi connectivity index (χ3v) is 5.72. The fourth-order valence-electron chi connectivity index (χ4n) is 4.03. The Morgan fingerprint density at radius 2 is 1.65 bits per heavy atom. The van der Waals surface area contributed by atoms with Crippen molar-refractivity contribution < 1.29 is 60.0 Å². The predicted octanol–water partition coefficient (Wildman–Crippen LogP) is 4.33. The Labute approximate surface area is 223 Å². The molecular formula is C24H26F7N3O6. The van der Waals surface area contributed by atoms with Gasteiger partial charge in [-0.15, -0.1) is 0 Å². The lowest BCUT2D eigenvalue weighted by atomic mass is 9.79. The summed E-state index contributed by atoms with van der Waals surface area (Å²) < 4.78 is 88.6. The second-order valence-corrected chi connectivity index (χ2v) is 8.93. The van der Waals surface area contributed by atoms with Crippen molar-refractivity contribution in [2.75, 3.05) is 26.3 Å². The smallest absolute Gasteiger partial charge is 0.476 e. The number of hydrogen-bond donors (Lipinski definition) is 2. The normalized spacial score (nSPS) is 18.3. The molecule has 2 aromatic rings. The number of hydrogen-bond acceptors (Lipinski definition) is 7. The van der Waals surface area contributed by atoms with Crippen LogP contribution in [0.25, 0.3) is 0 Å². The molecule has 4 rings (SSSR count). The van der Waals surface area contributed by atoms with Crippen LogP contribution in [0.3, 0.4) is 0 Å². The average molecular weight is 585 g/mol. The summed E-state index contributed by atoms with van der Waals surface area (Å²) in [5.74, 6) is -5.27. The summed E-state index contributed by atoms with van der Waals surface area (Å²) in [6.07, 6.45) is -1.90. The molecule has 4 heterocycles. The summed E-state index contributed by atoms with van der Waals surface area (Å²) in [5.41, 5.74) is 1.22. The highest BCUT2D eigenvalue weighted by Gasteiger charge is 2.47. The number of aliphatic carboxylic acids is 2. The van der Waals surface area contributed by atoms with Gasteiger partial charge in [0, 0.05) is 44.8 Å². The van der Waals surface area contributed by atoms with E-state index in [1.54, 1.807) is 18.5 Å². The largest absolute Gasteiger partial charge is 0.490 e. The van der Waals surface area contributed by atoms with E-state index >= 15 is 0 Å². The Kier molecular flexibility index (Phi) is 11.6. The highest BCUT2D eigenvalue weighted by Crippen LogP contribution is 2.38. The van der Waals surface area contributed by atoms with Crippen LogP contribution >= 0.6 is 0 Å². The molecule has 2 saturated heterocycles. The van der Waals surface area contributed by atoms with Gasteiger partial charge in [0.15, 0.2) is 5.82 Å². The summed E-state index contributed by atoms with van der Waals surface area (Å²) in [7, 11) is 0. The van der Waals surface area contributed by atoms with E-state index in [-0.39, 0.29) is 11.5 Å². The van der Waals surface area contributed by atoms with Gasteiger partial charge in [-0.3, -0.25) is 9.88 Å². The van der Waals surface area contributed by atoms with Crippen molar-refractivity contribution in [2.24, 2.45) is 5.92 Å². The van der Waals surface area contributed by atoms with E-state index < -0.39 is 30.1 Å². The number of carbonyl (C=O) groups is 2. The van der Waals surface area contributed by atoms with Gasteiger partial charge >= 0.3 is 24.3 Å². The van der Waals surface area contributed by atoms with Gasteiger partial charge in [-0.2, -0.15) is 26.3 Å². The molecule has 2 aliphatic heterocycles. The average Bonchev–Trinajstić information content (AvgIpc) is 2.85. The zero-order chi connectivity index (χ0) is 30.0. The van der Waals surface area contributed by atoms with Crippen LogP contribution in [0.2, 0.25) is 0 Å². The summed E-state index contributed by atoms with van der Waals surface area (Å²) >= 11 is 0. The highest BCUT2D eigenvalue weighted by atomic mass is 19.4. The number of ether oxygens (including phenoxy) is 2. The fraction of sp³-hybridized carbons (Fsp3) is 0.500. The SMILES string of the molecule is Fc1cccnc1OCCC1CCOC2(C1)CN(Cc1cccnc1)C2.O=C(O)C(F)(F)F.O=C(O)C(F)(F)F. The lowest BCUT2D eigenvalue weighted by molar-refractivity contribution is -0.193. The number of rotatable bonds is 6. The molecule has 9 nitrogen and oxygen atoms in total. The van der Waals surface area contributed by atoms with Crippen LogP contribution in [0, 0.1) is 11.7 Å². The van der Waals surface area contributed by atoms with E-state index in [1.807, 2.05) is 12.3 Å². The minimum absolute atomic E-state index is 0.0125. The number of carboxylic acids is 2. The van der Waals surface area contributed by atoms with Crippen LogP contribution in [-0.4, -0.2) is 81.3 Å². The molecule has 1 atom stereocenters. The lowest BCUT2D eigenvalue weighted by Gasteiger charge is -2.53. The van der Waals surface area contributed by atoms with Crippen molar-refractivity contribution in [3.8, 4) is 5.88 Å². The molecule has 0 amide bonds. The minimum atomic E-state index is -5.08. The molecule has 2 aliphatic rings. The third kappa shape index (κ3) is 10.9. The molecular weight excluding hydrogens is 559 g/mol. The van der Waals surface area contributed by atoms with E-state index in [1.165, 1.54) is 11.6 Å². The van der Waals surface area contributed by atoms with Crippen LogP contribution in [0.4, 0.5) is 30.7 Å². The molecule has 0 aliphatic carbocycles. The number of nitrogens with zero attached hydrogens (tertiary/aromatic N) is 3. The monoisotopic (exact) mass is 585 g/mol. The van der Waals surface area contributed by atoms with Gasteiger partial charge in [0.2, 0.25) is 5.88 Å². The molecule has 2 aromatic heterocycles. The van der Waals surface area contributed by atoms with Gasteiger partial charge in [-0.25, -0.2) is 19.0 Å². The van der Waals surface area contributed by atoms with Gasteiger partial charge < -0.3 is 19.7 Å². The third-order valence-electron chi connectivity index (χ3n) is 5.72. The molecule has 222 valence electrons. The summed E-state index contributed by atoms with van der Waals surface area (Å²) in [6.45, 7) is 4.14. The highest BCUT2D eigenvalue weighted by molar-refractivity contribution is 5.73. The van der Waals surface area contributed by atoms with Crippen LogP contribution < -0.4 is 4.74 Å². The van der Waals surface area contributed by atoms with Crippen LogP contribution in [0.15, 0.2) is 42.9 Å². The zero-order valence-corrected chi connectivity index (χ0v) is 20.8. The molecule has 0 bridgehead atoms. The Balaban J connectivity index is 0.000000333. The van der Waals surface area contributed by atoms with Crippen molar-refractivity contribution in [3.05, 3.63) is 54.2 Å². The van der Waals surface area contributed by atoms with Crippen molar-refractivity contribution in [1.29, 1.82) is 0 Å². The molecule has 1 unspecified atom stereocenters. The van der Waals surface area contributed by atoms with Crippen LogP contribution in [0.5, 0.6) is 5.88 Å². The van der Waals surface area contributed by atoms with Crippen molar-refractivity contribution in [1.82, 2.24) is 14.9 Å². The summed E-state index contributed by atoms with van der Waals surface area (Å²) in [5, 5.41) is 14.2. The second-order valence-electron chi connectivity index (χ2n) is 8.93. The molecule has 16 heteroatoms. The Morgan fingerprint density at radius 1 is 1.05 bits per heavy atom. The number of pyridine rings is 2. The van der Waals surface area contributed by atoms with Crippen LogP contribution in [-0.2, 0) is 20.9 Å². The maximum absolute atomic E-state index is 13.5. The molecule has 2 N–H and O–H groups in total. The maximum atomic E-state index is 13.5. The van der Waals surface area contributed by atoms with Gasteiger partial charge in [-0.1, -0.05) is 6.07 Å². The number of likely N-dealkylation sites (tertiary alicyclic amines) is 1. The zero-order valence-electron chi connectivity index (χ0n) is 20.8. The fourth-order valence-corrected chi connectivity index (χ4v) is 4.03. The first-order chi connectivity index (χ1) is 18.6. The van der Waals surface area contributed by atoms with Crippen molar-refractivity contribution in [3.63, 3.8) is 0 Å². The van der Waals surface area contributed by atoms with E-state index in [0.717, 1.165) is 45.5 Å². The standard InChI is InChI=1S/C20H24FN3O2.2C2HF3O2/c21-18-4-2-8-23-19(18)25-9-5-16-6-10-26-20(11-16)14-24(15-20)13-17-3-1-7-22-12-17;2*3-2(4,5)1(6)7/h1-4,7-8,12,16H,5-6,9-11,13-15H2;2*(H,6,7). The number of halogens is 7. The number of alkyl halides is 6. The van der Waals surface area contributed by atoms with Crippen molar-refractivity contribution >= 4 is 11.9 Å². The molecule has 0 aromatic carbocycles. The molecule has 0 radical (unpaired) electrons. The number of aromatic nitrogens is 2. The quantitative estimate of drug-likeness (QED) is 0.477. The Morgan fingerprint density at radius 3 is 2.17 bits per heavy atom. The van der Waals surface area contributed by atoms with E-state index in [0.29, 0.717) is 12.5 Å². The van der Waals surface area contributed by atoms with Gasteiger partial charge in [0.25, 0.3) is 0 Å². The van der Waals surface area contributed by atoms with Gasteiger partial charge in [0.1, 0.15) is 0 Å². The van der Waals surface area contributed by atoms with Gasteiger partial charge in [0.05, 0.1) is 12.2 Å². The van der Waals surface area contributed by atoms with Gasteiger partial charge in [-0.05, 0) is 48.9 Å². The van der Waals surface area contributed by atoms with Crippen molar-refractivity contribution in [2.45, 2.75) is 43.8 Å². The Hall–Kier alpha value is -3.53. The Bertz CT molecular complexity index is 1070. The topological polar surface area (TPSA) is 122 Å². The number of carboxylic acid groups (broad SMARTS) is 2. The molecule has 1 spiro atoms. The predicted molar refractivity (Wildman–Crippen MR) is 123 cm³/mol. The summed E-state index contributed by atoms with van der Waals surface area (Å²) in [4.78, 5) is 28.3. The molecule has 40 heavy (non-hydrogen) atoms.